The number of benzene rings is 1. The molecule has 0 aliphatic rings. The molecule has 0 atom stereocenters. The van der Waals surface area contributed by atoms with Crippen molar-refractivity contribution in [3.05, 3.63) is 29.8 Å². The van der Waals surface area contributed by atoms with Crippen molar-refractivity contribution in [1.29, 1.82) is 0 Å². The Morgan fingerprint density at radius 1 is 1.44 bits per heavy atom. The maximum Gasteiger partial charge on any atom is 0.230 e. The highest BCUT2D eigenvalue weighted by Gasteiger charge is 2.02. The molecular weight excluding hydrogens is 246 g/mol. The van der Waals surface area contributed by atoms with Crippen LogP contribution in [0.4, 0.5) is 0 Å². The molecular formula is C14H21NO2S. The van der Waals surface area contributed by atoms with E-state index in [0.29, 0.717) is 12.3 Å². The molecule has 4 heteroatoms. The molecule has 0 aliphatic carbocycles. The first kappa shape index (κ1) is 14.9. The van der Waals surface area contributed by atoms with Crippen molar-refractivity contribution in [2.75, 3.05) is 18.6 Å². The molecule has 1 rings (SSSR count). The Bertz CT molecular complexity index is 369. The van der Waals surface area contributed by atoms with Gasteiger partial charge in [0, 0.05) is 6.54 Å². The van der Waals surface area contributed by atoms with Crippen molar-refractivity contribution in [3.63, 3.8) is 0 Å². The van der Waals surface area contributed by atoms with E-state index in [9.17, 15) is 4.79 Å². The van der Waals surface area contributed by atoms with Crippen molar-refractivity contribution in [2.45, 2.75) is 26.3 Å². The molecule has 1 N–H and O–H groups in total. The van der Waals surface area contributed by atoms with Crippen LogP contribution in [0.2, 0.25) is 0 Å². The van der Waals surface area contributed by atoms with Crippen molar-refractivity contribution >= 4 is 17.7 Å². The fraction of sp³-hybridized carbons (Fsp3) is 0.500. The van der Waals surface area contributed by atoms with Crippen molar-refractivity contribution in [1.82, 2.24) is 5.32 Å². The minimum absolute atomic E-state index is 0.0962. The lowest BCUT2D eigenvalue weighted by Crippen LogP contribution is -2.24. The Kier molecular flexibility index (Phi) is 7.34. The zero-order valence-corrected chi connectivity index (χ0v) is 11.9. The van der Waals surface area contributed by atoms with Gasteiger partial charge >= 0.3 is 0 Å². The molecule has 18 heavy (non-hydrogen) atoms. The van der Waals surface area contributed by atoms with Gasteiger partial charge in [-0.2, -0.15) is 11.8 Å². The molecule has 0 aromatic heterocycles. The van der Waals surface area contributed by atoms with Crippen LogP contribution in [-0.2, 0) is 11.3 Å². The van der Waals surface area contributed by atoms with E-state index in [0.717, 1.165) is 17.1 Å². The zero-order chi connectivity index (χ0) is 13.2. The molecule has 0 heterocycles. The number of carbonyl (C=O) groups excluding carboxylic acids is 1. The van der Waals surface area contributed by atoms with Gasteiger partial charge in [-0.3, -0.25) is 4.79 Å². The lowest BCUT2D eigenvalue weighted by atomic mass is 10.2. The first-order valence-corrected chi connectivity index (χ1v) is 7.39. The Hall–Kier alpha value is -1.16. The molecule has 0 fully saturated rings. The maximum atomic E-state index is 11.6. The zero-order valence-electron chi connectivity index (χ0n) is 11.1. The number of ether oxygens (including phenoxy) is 1. The van der Waals surface area contributed by atoms with Crippen LogP contribution < -0.4 is 10.1 Å². The largest absolute Gasteiger partial charge is 0.497 e. The van der Waals surface area contributed by atoms with Gasteiger partial charge < -0.3 is 10.1 Å². The number of hydrogen-bond donors (Lipinski definition) is 1. The molecule has 0 unspecified atom stereocenters. The summed E-state index contributed by atoms with van der Waals surface area (Å²) in [6.45, 7) is 2.72. The van der Waals surface area contributed by atoms with Crippen LogP contribution in [0, 0.1) is 0 Å². The van der Waals surface area contributed by atoms with Gasteiger partial charge in [-0.05, 0) is 29.9 Å². The summed E-state index contributed by atoms with van der Waals surface area (Å²) in [5.41, 5.74) is 1.06. The number of thioether (sulfide) groups is 1. The summed E-state index contributed by atoms with van der Waals surface area (Å²) in [6, 6.07) is 7.74. The van der Waals surface area contributed by atoms with E-state index >= 15 is 0 Å². The van der Waals surface area contributed by atoms with Gasteiger partial charge in [0.25, 0.3) is 0 Å². The van der Waals surface area contributed by atoms with Crippen LogP contribution in [0.1, 0.15) is 25.3 Å². The van der Waals surface area contributed by atoms with Crippen molar-refractivity contribution in [2.24, 2.45) is 0 Å². The van der Waals surface area contributed by atoms with Crippen LogP contribution >= 0.6 is 11.8 Å². The topological polar surface area (TPSA) is 38.3 Å². The van der Waals surface area contributed by atoms with Gasteiger partial charge in [-0.25, -0.2) is 0 Å². The van der Waals surface area contributed by atoms with Crippen LogP contribution in [0.5, 0.6) is 5.75 Å². The first-order chi connectivity index (χ1) is 8.76. The molecule has 0 radical (unpaired) electrons. The second kappa shape index (κ2) is 8.86. The molecule has 0 spiro atoms. The number of amides is 1. The van der Waals surface area contributed by atoms with Crippen LogP contribution in [0.3, 0.4) is 0 Å². The van der Waals surface area contributed by atoms with Crippen molar-refractivity contribution < 1.29 is 9.53 Å². The summed E-state index contributed by atoms with van der Waals surface area (Å²) < 4.78 is 5.14. The fourth-order valence-corrected chi connectivity index (χ4v) is 2.37. The van der Waals surface area contributed by atoms with E-state index in [-0.39, 0.29) is 5.91 Å². The van der Waals surface area contributed by atoms with Gasteiger partial charge in [0.1, 0.15) is 5.75 Å². The van der Waals surface area contributed by atoms with E-state index in [4.69, 9.17) is 4.74 Å². The average Bonchev–Trinajstić information content (AvgIpc) is 2.41. The molecule has 0 bridgehead atoms. The lowest BCUT2D eigenvalue weighted by molar-refractivity contribution is -0.118. The van der Waals surface area contributed by atoms with Crippen LogP contribution in [0.25, 0.3) is 0 Å². The van der Waals surface area contributed by atoms with E-state index in [1.165, 1.54) is 12.8 Å². The van der Waals surface area contributed by atoms with E-state index in [2.05, 4.69) is 12.2 Å². The minimum Gasteiger partial charge on any atom is -0.497 e. The number of unbranched alkanes of at least 4 members (excludes halogenated alkanes) is 1. The van der Waals surface area contributed by atoms with Gasteiger partial charge in [-0.1, -0.05) is 25.5 Å². The van der Waals surface area contributed by atoms with Crippen LogP contribution in [0.15, 0.2) is 24.3 Å². The number of carbonyl (C=O) groups is 1. The van der Waals surface area contributed by atoms with E-state index in [1.54, 1.807) is 18.9 Å². The van der Waals surface area contributed by atoms with Gasteiger partial charge in [0.2, 0.25) is 5.91 Å². The summed E-state index contributed by atoms with van der Waals surface area (Å²) >= 11 is 1.69. The number of nitrogens with one attached hydrogen (secondary N) is 1. The highest BCUT2D eigenvalue weighted by atomic mass is 32.2. The minimum atomic E-state index is 0.0962. The van der Waals surface area contributed by atoms with Gasteiger partial charge in [0.05, 0.1) is 12.9 Å². The van der Waals surface area contributed by atoms with Gasteiger partial charge in [0.15, 0.2) is 0 Å². The Morgan fingerprint density at radius 3 is 3.00 bits per heavy atom. The van der Waals surface area contributed by atoms with E-state index in [1.807, 2.05) is 24.3 Å². The fourth-order valence-electron chi connectivity index (χ4n) is 1.45. The molecule has 100 valence electrons. The molecule has 1 aromatic rings. The smallest absolute Gasteiger partial charge is 0.230 e. The quantitative estimate of drug-likeness (QED) is 0.736. The second-order valence-electron chi connectivity index (χ2n) is 4.03. The molecule has 1 amide bonds. The van der Waals surface area contributed by atoms with Crippen molar-refractivity contribution in [3.8, 4) is 5.75 Å². The third kappa shape index (κ3) is 5.96. The molecule has 0 aliphatic heterocycles. The Balaban J connectivity index is 2.24. The first-order valence-electron chi connectivity index (χ1n) is 6.23. The van der Waals surface area contributed by atoms with E-state index < -0.39 is 0 Å². The second-order valence-corrected chi connectivity index (χ2v) is 5.14. The third-order valence-corrected chi connectivity index (χ3v) is 3.54. The normalized spacial score (nSPS) is 10.1. The highest BCUT2D eigenvalue weighted by molar-refractivity contribution is 7.99. The highest BCUT2D eigenvalue weighted by Crippen LogP contribution is 2.12. The lowest BCUT2D eigenvalue weighted by Gasteiger charge is -2.06. The maximum absolute atomic E-state index is 11.6. The molecule has 1 aromatic carbocycles. The number of hydrogen-bond acceptors (Lipinski definition) is 3. The van der Waals surface area contributed by atoms with Gasteiger partial charge in [-0.15, -0.1) is 0 Å². The molecule has 0 saturated carbocycles. The predicted octanol–water partition coefficient (Wildman–Crippen LogP) is 2.84. The Labute approximate surface area is 113 Å². The number of methoxy groups -OCH3 is 1. The molecule has 3 nitrogen and oxygen atoms in total. The SMILES string of the molecule is CCCCSCC(=O)NCc1cccc(OC)c1. The summed E-state index contributed by atoms with van der Waals surface area (Å²) in [6.07, 6.45) is 2.35. The van der Waals surface area contributed by atoms with Crippen LogP contribution in [-0.4, -0.2) is 24.5 Å². The predicted molar refractivity (Wildman–Crippen MR) is 77.1 cm³/mol. The Morgan fingerprint density at radius 2 is 2.28 bits per heavy atom. The summed E-state index contributed by atoms with van der Waals surface area (Å²) in [7, 11) is 1.64. The standard InChI is InChI=1S/C14H21NO2S/c1-3-4-8-18-11-14(16)15-10-12-6-5-7-13(9-12)17-2/h5-7,9H,3-4,8,10-11H2,1-2H3,(H,15,16). The monoisotopic (exact) mass is 267 g/mol. The average molecular weight is 267 g/mol. The summed E-state index contributed by atoms with van der Waals surface area (Å²) in [4.78, 5) is 11.6. The number of rotatable bonds is 8. The summed E-state index contributed by atoms with van der Waals surface area (Å²) in [5.74, 6) is 2.52. The summed E-state index contributed by atoms with van der Waals surface area (Å²) in [5, 5.41) is 2.91. The third-order valence-electron chi connectivity index (χ3n) is 2.50. The molecule has 0 saturated heterocycles.